The first-order valence-electron chi connectivity index (χ1n) is 8.07. The van der Waals surface area contributed by atoms with E-state index in [9.17, 15) is 9.90 Å². The summed E-state index contributed by atoms with van der Waals surface area (Å²) in [6.45, 7) is 8.57. The van der Waals surface area contributed by atoms with E-state index in [2.05, 4.69) is 0 Å². The van der Waals surface area contributed by atoms with Gasteiger partial charge in [-0.2, -0.15) is 0 Å². The summed E-state index contributed by atoms with van der Waals surface area (Å²) >= 11 is 0. The molecule has 1 aliphatic heterocycles. The number of hydrogen-bond donors (Lipinski definition) is 1. The third kappa shape index (κ3) is 2.45. The molecule has 1 N–H and O–H groups in total. The third-order valence-corrected chi connectivity index (χ3v) is 4.79. The number of likely N-dealkylation sites (N-methyl/N-ethyl adjacent to an activating group) is 1. The van der Waals surface area contributed by atoms with Crippen LogP contribution >= 0.6 is 0 Å². The lowest BCUT2D eigenvalue weighted by Gasteiger charge is -2.18. The van der Waals surface area contributed by atoms with Crippen LogP contribution in [-0.2, 0) is 10.2 Å². The number of anilines is 1. The molecule has 0 fully saturated rings. The molecule has 2 aromatic rings. The van der Waals surface area contributed by atoms with E-state index in [0.29, 0.717) is 6.54 Å². The van der Waals surface area contributed by atoms with Crippen molar-refractivity contribution in [1.82, 2.24) is 0 Å². The van der Waals surface area contributed by atoms with Crippen molar-refractivity contribution in [3.05, 3.63) is 64.7 Å². The number of carbonyl (C=O) groups is 1. The molecule has 1 unspecified atom stereocenters. The molecule has 23 heavy (non-hydrogen) atoms. The van der Waals surface area contributed by atoms with Gasteiger partial charge in [0.2, 0.25) is 5.91 Å². The Labute approximate surface area is 137 Å². The monoisotopic (exact) mass is 309 g/mol. The van der Waals surface area contributed by atoms with Crippen LogP contribution in [0.2, 0.25) is 0 Å². The van der Waals surface area contributed by atoms with Crippen LogP contribution in [0, 0.1) is 6.92 Å². The van der Waals surface area contributed by atoms with E-state index in [1.165, 1.54) is 5.56 Å². The molecule has 3 nitrogen and oxygen atoms in total. The minimum atomic E-state index is -0.678. The molecule has 3 rings (SSSR count). The summed E-state index contributed by atoms with van der Waals surface area (Å²) in [7, 11) is 0. The molecule has 0 spiro atoms. The first-order valence-corrected chi connectivity index (χ1v) is 8.07. The van der Waals surface area contributed by atoms with Crippen LogP contribution in [0.5, 0.6) is 0 Å². The van der Waals surface area contributed by atoms with Gasteiger partial charge < -0.3 is 10.0 Å². The lowest BCUT2D eigenvalue weighted by atomic mass is 9.84. The zero-order valence-electron chi connectivity index (χ0n) is 14.1. The first-order chi connectivity index (χ1) is 10.9. The second kappa shape index (κ2) is 5.50. The number of hydrogen-bond acceptors (Lipinski definition) is 2. The molecular weight excluding hydrogens is 286 g/mol. The Hall–Kier alpha value is -2.13. The van der Waals surface area contributed by atoms with Gasteiger partial charge in [-0.1, -0.05) is 35.9 Å². The number of fused-ring (bicyclic) bond motifs is 1. The Kier molecular flexibility index (Phi) is 3.77. The number of aryl methyl sites for hydroxylation is 1. The van der Waals surface area contributed by atoms with Crippen molar-refractivity contribution < 1.29 is 9.90 Å². The Morgan fingerprint density at radius 3 is 2.30 bits per heavy atom. The lowest BCUT2D eigenvalue weighted by molar-refractivity contribution is -0.122. The Morgan fingerprint density at radius 1 is 1.09 bits per heavy atom. The number of amides is 1. The molecule has 0 saturated carbocycles. The summed E-state index contributed by atoms with van der Waals surface area (Å²) in [6, 6.07) is 13.7. The molecule has 0 aromatic heterocycles. The lowest BCUT2D eigenvalue weighted by Crippen LogP contribution is -2.35. The average molecular weight is 309 g/mol. The van der Waals surface area contributed by atoms with Gasteiger partial charge in [0.1, 0.15) is 6.10 Å². The fourth-order valence-electron chi connectivity index (χ4n) is 3.28. The predicted molar refractivity (Wildman–Crippen MR) is 92.7 cm³/mol. The highest BCUT2D eigenvalue weighted by Crippen LogP contribution is 2.42. The second-order valence-corrected chi connectivity index (χ2v) is 6.76. The molecule has 0 aliphatic carbocycles. The van der Waals surface area contributed by atoms with Crippen molar-refractivity contribution in [1.29, 1.82) is 0 Å². The van der Waals surface area contributed by atoms with Crippen molar-refractivity contribution in [3.63, 3.8) is 0 Å². The maximum absolute atomic E-state index is 12.6. The highest BCUT2D eigenvalue weighted by Gasteiger charge is 2.43. The zero-order valence-corrected chi connectivity index (χ0v) is 14.1. The van der Waals surface area contributed by atoms with E-state index in [4.69, 9.17) is 0 Å². The minimum absolute atomic E-state index is 0.122. The quantitative estimate of drug-likeness (QED) is 0.938. The largest absolute Gasteiger partial charge is 0.384 e. The first kappa shape index (κ1) is 15.8. The van der Waals surface area contributed by atoms with Crippen molar-refractivity contribution in [2.75, 3.05) is 11.4 Å². The molecule has 1 amide bonds. The van der Waals surface area contributed by atoms with E-state index in [1.54, 1.807) is 0 Å². The highest BCUT2D eigenvalue weighted by molar-refractivity contribution is 6.07. The fourth-order valence-corrected chi connectivity index (χ4v) is 3.28. The number of benzene rings is 2. The van der Waals surface area contributed by atoms with E-state index >= 15 is 0 Å². The smallest absolute Gasteiger partial charge is 0.237 e. The van der Waals surface area contributed by atoms with Gasteiger partial charge in [0.15, 0.2) is 0 Å². The topological polar surface area (TPSA) is 40.5 Å². The number of aliphatic hydroxyl groups is 1. The normalized spacial score (nSPS) is 17.3. The van der Waals surface area contributed by atoms with Gasteiger partial charge in [-0.3, -0.25) is 4.79 Å². The molecule has 3 heteroatoms. The third-order valence-electron chi connectivity index (χ3n) is 4.79. The van der Waals surface area contributed by atoms with Crippen LogP contribution in [0.15, 0.2) is 42.5 Å². The van der Waals surface area contributed by atoms with Gasteiger partial charge in [0.05, 0.1) is 5.41 Å². The van der Waals surface area contributed by atoms with Gasteiger partial charge in [-0.25, -0.2) is 0 Å². The number of aliphatic hydroxyl groups excluding tert-OH is 1. The number of nitrogens with zero attached hydrogens (tertiary/aromatic N) is 1. The molecule has 1 heterocycles. The zero-order chi connectivity index (χ0) is 16.8. The van der Waals surface area contributed by atoms with Crippen LogP contribution in [0.1, 0.15) is 49.1 Å². The fraction of sp³-hybridized carbons (Fsp3) is 0.350. The van der Waals surface area contributed by atoms with Gasteiger partial charge in [0, 0.05) is 12.2 Å². The summed E-state index contributed by atoms with van der Waals surface area (Å²) in [5, 5.41) is 10.7. The molecule has 1 aliphatic rings. The van der Waals surface area contributed by atoms with Gasteiger partial charge >= 0.3 is 0 Å². The van der Waals surface area contributed by atoms with Crippen molar-refractivity contribution in [3.8, 4) is 0 Å². The minimum Gasteiger partial charge on any atom is -0.384 e. The number of carbonyl (C=O) groups excluding carboxylic acids is 1. The predicted octanol–water partition coefficient (Wildman–Crippen LogP) is 3.72. The summed E-state index contributed by atoms with van der Waals surface area (Å²) in [5.41, 5.74) is 4.26. The average Bonchev–Trinajstić information content (AvgIpc) is 2.74. The van der Waals surface area contributed by atoms with Crippen molar-refractivity contribution in [2.45, 2.75) is 39.2 Å². The van der Waals surface area contributed by atoms with Crippen LogP contribution in [-0.4, -0.2) is 17.6 Å². The molecule has 0 bridgehead atoms. The van der Waals surface area contributed by atoms with Gasteiger partial charge in [0.25, 0.3) is 0 Å². The van der Waals surface area contributed by atoms with Crippen LogP contribution < -0.4 is 4.90 Å². The molecule has 1 atom stereocenters. The van der Waals surface area contributed by atoms with Crippen LogP contribution in [0.3, 0.4) is 0 Å². The molecule has 2 aromatic carbocycles. The molecule has 0 radical (unpaired) electrons. The Bertz CT molecular complexity index is 747. The summed E-state index contributed by atoms with van der Waals surface area (Å²) in [4.78, 5) is 14.4. The molecule has 0 saturated heterocycles. The van der Waals surface area contributed by atoms with Crippen molar-refractivity contribution in [2.24, 2.45) is 0 Å². The van der Waals surface area contributed by atoms with E-state index in [-0.39, 0.29) is 5.91 Å². The Morgan fingerprint density at radius 2 is 1.70 bits per heavy atom. The van der Waals surface area contributed by atoms with E-state index in [1.807, 2.05) is 75.1 Å². The van der Waals surface area contributed by atoms with E-state index < -0.39 is 11.5 Å². The molecule has 120 valence electrons. The second-order valence-electron chi connectivity index (χ2n) is 6.76. The summed E-state index contributed by atoms with van der Waals surface area (Å²) in [6.07, 6.45) is -0.678. The maximum atomic E-state index is 12.6. The van der Waals surface area contributed by atoms with Crippen molar-refractivity contribution >= 4 is 11.6 Å². The summed E-state index contributed by atoms with van der Waals surface area (Å²) < 4.78 is 0. The molecular formula is C20H23NO2. The summed E-state index contributed by atoms with van der Waals surface area (Å²) in [5.74, 6) is 0.122. The highest BCUT2D eigenvalue weighted by atomic mass is 16.3. The van der Waals surface area contributed by atoms with Crippen LogP contribution in [0.4, 0.5) is 5.69 Å². The standard InChI is InChI=1S/C20H23NO2/c1-5-21-17-11-10-15(12-16(17)20(3,4)19(21)23)18(22)14-8-6-13(2)7-9-14/h6-12,18,22H,5H2,1-4H3. The Balaban J connectivity index is 2.03. The SMILES string of the molecule is CCN1C(=O)C(C)(C)c2cc(C(O)c3ccc(C)cc3)ccc21. The van der Waals surface area contributed by atoms with Gasteiger partial charge in [-0.05, 0) is 56.5 Å². The van der Waals surface area contributed by atoms with Gasteiger partial charge in [-0.15, -0.1) is 0 Å². The number of rotatable bonds is 3. The van der Waals surface area contributed by atoms with Crippen LogP contribution in [0.25, 0.3) is 0 Å². The van der Waals surface area contributed by atoms with E-state index in [0.717, 1.165) is 22.4 Å². The maximum Gasteiger partial charge on any atom is 0.237 e.